The first kappa shape index (κ1) is 14.3. The molecule has 0 fully saturated rings. The van der Waals surface area contributed by atoms with Crippen molar-refractivity contribution in [2.45, 2.75) is 32.1 Å². The highest BCUT2D eigenvalue weighted by Crippen LogP contribution is 2.42. The van der Waals surface area contributed by atoms with Crippen LogP contribution < -0.4 is 9.47 Å². The molecule has 1 atom stereocenters. The van der Waals surface area contributed by atoms with Crippen LogP contribution in [0.25, 0.3) is 5.57 Å². The number of allylic oxidation sites excluding steroid dienone is 2. The minimum Gasteiger partial charge on any atom is -0.497 e. The third-order valence-corrected chi connectivity index (χ3v) is 3.80. The molecule has 3 heteroatoms. The number of hydrogen-bond donors (Lipinski definition) is 0. The molecule has 0 radical (unpaired) electrons. The fraction of sp³-hybridized carbons (Fsp3) is 0.500. The van der Waals surface area contributed by atoms with Crippen LogP contribution in [0.15, 0.2) is 24.3 Å². The first-order chi connectivity index (χ1) is 8.93. The van der Waals surface area contributed by atoms with Gasteiger partial charge in [0.25, 0.3) is 0 Å². The molecule has 0 saturated carbocycles. The Morgan fingerprint density at radius 2 is 1.68 bits per heavy atom. The van der Waals surface area contributed by atoms with Crippen LogP contribution in [0.2, 0.25) is 0 Å². The maximum absolute atomic E-state index is 6.35. The molecule has 0 bridgehead atoms. The molecule has 0 saturated heterocycles. The van der Waals surface area contributed by atoms with Crippen molar-refractivity contribution in [1.29, 1.82) is 0 Å². The lowest BCUT2D eigenvalue weighted by Gasteiger charge is -2.32. The predicted octanol–water partition coefficient (Wildman–Crippen LogP) is 4.51. The van der Waals surface area contributed by atoms with Gasteiger partial charge in [0.2, 0.25) is 0 Å². The number of rotatable bonds is 3. The van der Waals surface area contributed by atoms with Gasteiger partial charge in [0.1, 0.15) is 11.5 Å². The van der Waals surface area contributed by atoms with E-state index in [1.54, 1.807) is 14.2 Å². The first-order valence-electron chi connectivity index (χ1n) is 6.52. The maximum atomic E-state index is 6.35. The van der Waals surface area contributed by atoms with Crippen LogP contribution in [-0.2, 0) is 0 Å². The highest BCUT2D eigenvalue weighted by Gasteiger charge is 2.28. The number of halogens is 1. The second kappa shape index (κ2) is 5.46. The van der Waals surface area contributed by atoms with Gasteiger partial charge in [0, 0.05) is 6.07 Å². The lowest BCUT2D eigenvalue weighted by atomic mass is 9.75. The summed E-state index contributed by atoms with van der Waals surface area (Å²) in [5.74, 6) is 1.62. The summed E-state index contributed by atoms with van der Waals surface area (Å²) in [6.45, 7) is 4.51. The summed E-state index contributed by atoms with van der Waals surface area (Å²) in [5, 5.41) is 0.0935. The standard InChI is InChI=1S/C16H21ClO2/c1-16(2)9-12(5-13(17)10-16)11-6-14(18-3)8-15(7-11)19-4/h5-8,13H,9-10H2,1-4H3. The van der Waals surface area contributed by atoms with Gasteiger partial charge in [-0.1, -0.05) is 19.9 Å². The minimum atomic E-state index is 0.0935. The molecule has 0 heterocycles. The fourth-order valence-corrected chi connectivity index (χ4v) is 3.21. The highest BCUT2D eigenvalue weighted by atomic mass is 35.5. The Morgan fingerprint density at radius 1 is 1.11 bits per heavy atom. The summed E-state index contributed by atoms with van der Waals surface area (Å²) in [4.78, 5) is 0. The number of alkyl halides is 1. The van der Waals surface area contributed by atoms with E-state index >= 15 is 0 Å². The molecule has 1 aliphatic carbocycles. The van der Waals surface area contributed by atoms with E-state index < -0.39 is 0 Å². The lowest BCUT2D eigenvalue weighted by Crippen LogP contribution is -2.21. The molecular weight excluding hydrogens is 260 g/mol. The second-order valence-corrected chi connectivity index (χ2v) is 6.41. The van der Waals surface area contributed by atoms with Crippen molar-refractivity contribution in [2.75, 3.05) is 14.2 Å². The summed E-state index contributed by atoms with van der Waals surface area (Å²) < 4.78 is 10.7. The SMILES string of the molecule is COc1cc(OC)cc(C2=CC(Cl)CC(C)(C)C2)c1. The van der Waals surface area contributed by atoms with Crippen molar-refractivity contribution >= 4 is 17.2 Å². The molecular formula is C16H21ClO2. The Kier molecular flexibility index (Phi) is 4.10. The zero-order valence-corrected chi connectivity index (χ0v) is 12.8. The molecule has 0 spiro atoms. The van der Waals surface area contributed by atoms with E-state index in [-0.39, 0.29) is 10.8 Å². The largest absolute Gasteiger partial charge is 0.497 e. The van der Waals surface area contributed by atoms with Crippen molar-refractivity contribution in [3.8, 4) is 11.5 Å². The first-order valence-corrected chi connectivity index (χ1v) is 6.95. The monoisotopic (exact) mass is 280 g/mol. The molecule has 2 nitrogen and oxygen atoms in total. The minimum absolute atomic E-state index is 0.0935. The van der Waals surface area contributed by atoms with E-state index in [0.717, 1.165) is 29.9 Å². The molecule has 2 rings (SSSR count). The Balaban J connectivity index is 2.40. The highest BCUT2D eigenvalue weighted by molar-refractivity contribution is 6.22. The average molecular weight is 281 g/mol. The zero-order chi connectivity index (χ0) is 14.0. The van der Waals surface area contributed by atoms with Crippen LogP contribution in [-0.4, -0.2) is 19.6 Å². The molecule has 0 aromatic heterocycles. The molecule has 0 N–H and O–H groups in total. The van der Waals surface area contributed by atoms with Crippen LogP contribution >= 0.6 is 11.6 Å². The number of ether oxygens (including phenoxy) is 2. The summed E-state index contributed by atoms with van der Waals surface area (Å²) in [5.41, 5.74) is 2.63. The second-order valence-electron chi connectivity index (χ2n) is 5.85. The normalized spacial score (nSPS) is 21.7. The van der Waals surface area contributed by atoms with E-state index in [9.17, 15) is 0 Å². The van der Waals surface area contributed by atoms with Gasteiger partial charge in [0.15, 0.2) is 0 Å². The molecule has 104 valence electrons. The number of methoxy groups -OCH3 is 2. The molecule has 1 aromatic rings. The van der Waals surface area contributed by atoms with E-state index in [0.29, 0.717) is 0 Å². The number of benzene rings is 1. The maximum Gasteiger partial charge on any atom is 0.123 e. The topological polar surface area (TPSA) is 18.5 Å². The van der Waals surface area contributed by atoms with Gasteiger partial charge in [0.05, 0.1) is 19.6 Å². The van der Waals surface area contributed by atoms with Gasteiger partial charge in [-0.2, -0.15) is 0 Å². The molecule has 19 heavy (non-hydrogen) atoms. The Bertz CT molecular complexity index is 469. The van der Waals surface area contributed by atoms with Gasteiger partial charge >= 0.3 is 0 Å². The van der Waals surface area contributed by atoms with E-state index in [2.05, 4.69) is 19.9 Å². The summed E-state index contributed by atoms with van der Waals surface area (Å²) in [6.07, 6.45) is 4.19. The summed E-state index contributed by atoms with van der Waals surface area (Å²) >= 11 is 6.35. The van der Waals surface area contributed by atoms with E-state index in [1.165, 1.54) is 5.57 Å². The summed E-state index contributed by atoms with van der Waals surface area (Å²) in [7, 11) is 3.34. The smallest absolute Gasteiger partial charge is 0.123 e. The zero-order valence-electron chi connectivity index (χ0n) is 12.0. The van der Waals surface area contributed by atoms with Gasteiger partial charge in [-0.15, -0.1) is 11.6 Å². The van der Waals surface area contributed by atoms with Crippen molar-refractivity contribution < 1.29 is 9.47 Å². The Hall–Kier alpha value is -1.15. The Morgan fingerprint density at radius 3 is 2.16 bits per heavy atom. The van der Waals surface area contributed by atoms with Crippen LogP contribution in [0.3, 0.4) is 0 Å². The van der Waals surface area contributed by atoms with Crippen LogP contribution in [0.4, 0.5) is 0 Å². The molecule has 1 aromatic carbocycles. The molecule has 0 amide bonds. The number of hydrogen-bond acceptors (Lipinski definition) is 2. The van der Waals surface area contributed by atoms with Crippen molar-refractivity contribution in [3.63, 3.8) is 0 Å². The van der Waals surface area contributed by atoms with Gasteiger partial charge < -0.3 is 9.47 Å². The van der Waals surface area contributed by atoms with Crippen molar-refractivity contribution in [2.24, 2.45) is 5.41 Å². The average Bonchev–Trinajstić information content (AvgIpc) is 2.35. The molecule has 1 unspecified atom stereocenters. The lowest BCUT2D eigenvalue weighted by molar-refractivity contribution is 0.340. The van der Waals surface area contributed by atoms with Crippen molar-refractivity contribution in [3.05, 3.63) is 29.8 Å². The van der Waals surface area contributed by atoms with Crippen molar-refractivity contribution in [1.82, 2.24) is 0 Å². The third kappa shape index (κ3) is 3.44. The quantitative estimate of drug-likeness (QED) is 0.758. The van der Waals surface area contributed by atoms with Gasteiger partial charge in [-0.3, -0.25) is 0 Å². The van der Waals surface area contributed by atoms with Crippen LogP contribution in [0, 0.1) is 5.41 Å². The fourth-order valence-electron chi connectivity index (χ4n) is 2.64. The van der Waals surface area contributed by atoms with Gasteiger partial charge in [-0.05, 0) is 41.5 Å². The van der Waals surface area contributed by atoms with E-state index in [4.69, 9.17) is 21.1 Å². The molecule has 0 aliphatic heterocycles. The van der Waals surface area contributed by atoms with Crippen LogP contribution in [0.5, 0.6) is 11.5 Å². The summed E-state index contributed by atoms with van der Waals surface area (Å²) in [6, 6.07) is 5.97. The third-order valence-electron chi connectivity index (χ3n) is 3.52. The predicted molar refractivity (Wildman–Crippen MR) is 80.2 cm³/mol. The van der Waals surface area contributed by atoms with Crippen LogP contribution in [0.1, 0.15) is 32.3 Å². The van der Waals surface area contributed by atoms with E-state index in [1.807, 2.05) is 18.2 Å². The Labute approximate surface area is 120 Å². The molecule has 1 aliphatic rings. The van der Waals surface area contributed by atoms with Gasteiger partial charge in [-0.25, -0.2) is 0 Å².